The number of rotatable bonds is 6. The second-order valence-electron chi connectivity index (χ2n) is 5.85. The molecule has 8 heteroatoms. The molecule has 136 valence electrons. The summed E-state index contributed by atoms with van der Waals surface area (Å²) >= 11 is 0. The topological polar surface area (TPSA) is 85.3 Å². The lowest BCUT2D eigenvalue weighted by molar-refractivity contribution is 0.0725. The minimum absolute atomic E-state index is 0.174. The standard InChI is InChI=1S/C18H20N4O3S/c1-2-3-9-17(26(23,24)22-10-12-25-13-11-22)18-20-16(14-19-21-18)15-7-5-4-6-8-15/h1,4-8,14,17H,3,9-13H2. The summed E-state index contributed by atoms with van der Waals surface area (Å²) in [7, 11) is -3.66. The van der Waals surface area contributed by atoms with Crippen molar-refractivity contribution in [1.29, 1.82) is 0 Å². The highest BCUT2D eigenvalue weighted by Gasteiger charge is 2.36. The largest absolute Gasteiger partial charge is 0.379 e. The first-order valence-corrected chi connectivity index (χ1v) is 9.88. The molecule has 0 radical (unpaired) electrons. The number of ether oxygens (including phenoxy) is 1. The van der Waals surface area contributed by atoms with Crippen LogP contribution in [-0.4, -0.2) is 54.2 Å². The minimum atomic E-state index is -3.66. The van der Waals surface area contributed by atoms with Gasteiger partial charge in [-0.2, -0.15) is 9.40 Å². The van der Waals surface area contributed by atoms with Crippen LogP contribution >= 0.6 is 0 Å². The van der Waals surface area contributed by atoms with Crippen molar-refractivity contribution in [1.82, 2.24) is 19.5 Å². The molecule has 1 unspecified atom stereocenters. The fourth-order valence-electron chi connectivity index (χ4n) is 2.81. The molecular weight excluding hydrogens is 352 g/mol. The maximum atomic E-state index is 13.1. The van der Waals surface area contributed by atoms with E-state index >= 15 is 0 Å². The molecule has 0 N–H and O–H groups in total. The Kier molecular flexibility index (Phi) is 5.93. The highest BCUT2D eigenvalue weighted by Crippen LogP contribution is 2.29. The average Bonchev–Trinajstić information content (AvgIpc) is 2.70. The van der Waals surface area contributed by atoms with Crippen molar-refractivity contribution in [2.24, 2.45) is 0 Å². The quantitative estimate of drug-likeness (QED) is 0.717. The minimum Gasteiger partial charge on any atom is -0.379 e. The van der Waals surface area contributed by atoms with Crippen LogP contribution in [0.25, 0.3) is 11.3 Å². The van der Waals surface area contributed by atoms with Gasteiger partial charge in [-0.25, -0.2) is 13.4 Å². The van der Waals surface area contributed by atoms with Gasteiger partial charge in [0, 0.05) is 25.1 Å². The lowest BCUT2D eigenvalue weighted by atomic mass is 10.1. The smallest absolute Gasteiger partial charge is 0.224 e. The molecule has 1 fully saturated rings. The molecule has 1 atom stereocenters. The molecule has 1 aliphatic rings. The van der Waals surface area contributed by atoms with E-state index in [0.717, 1.165) is 5.56 Å². The van der Waals surface area contributed by atoms with Crippen molar-refractivity contribution in [3.8, 4) is 23.6 Å². The predicted octanol–water partition coefficient (Wildman–Crippen LogP) is 1.66. The molecule has 7 nitrogen and oxygen atoms in total. The maximum absolute atomic E-state index is 13.1. The Morgan fingerprint density at radius 2 is 1.96 bits per heavy atom. The van der Waals surface area contributed by atoms with E-state index in [0.29, 0.717) is 38.4 Å². The maximum Gasteiger partial charge on any atom is 0.224 e. The Morgan fingerprint density at radius 3 is 2.65 bits per heavy atom. The van der Waals surface area contributed by atoms with Gasteiger partial charge in [-0.3, -0.25) is 0 Å². The summed E-state index contributed by atoms with van der Waals surface area (Å²) in [4.78, 5) is 4.48. The first-order valence-electron chi connectivity index (χ1n) is 8.38. The Bertz CT molecular complexity index is 875. The van der Waals surface area contributed by atoms with Crippen LogP contribution in [0.1, 0.15) is 23.9 Å². The molecule has 0 bridgehead atoms. The summed E-state index contributed by atoms with van der Waals surface area (Å²) in [6, 6.07) is 9.45. The third kappa shape index (κ3) is 4.07. The molecular formula is C18H20N4O3S. The van der Waals surface area contributed by atoms with E-state index in [-0.39, 0.29) is 12.2 Å². The second kappa shape index (κ2) is 8.36. The molecule has 1 aromatic heterocycles. The SMILES string of the molecule is C#CCCC(c1nncc(-c2ccccc2)n1)S(=O)(=O)N1CCOCC1. The zero-order chi connectivity index (χ0) is 18.4. The molecule has 0 aliphatic carbocycles. The van der Waals surface area contributed by atoms with Gasteiger partial charge >= 0.3 is 0 Å². The molecule has 1 aromatic carbocycles. The van der Waals surface area contributed by atoms with Gasteiger partial charge in [0.25, 0.3) is 0 Å². The zero-order valence-corrected chi connectivity index (χ0v) is 15.1. The Labute approximate surface area is 153 Å². The molecule has 1 saturated heterocycles. The number of benzene rings is 1. The normalized spacial score (nSPS) is 16.7. The van der Waals surface area contributed by atoms with Gasteiger partial charge in [-0.1, -0.05) is 30.3 Å². The van der Waals surface area contributed by atoms with Crippen LogP contribution < -0.4 is 0 Å². The summed E-state index contributed by atoms with van der Waals surface area (Å²) in [5.41, 5.74) is 1.43. The highest BCUT2D eigenvalue weighted by molar-refractivity contribution is 7.89. The lowest BCUT2D eigenvalue weighted by Gasteiger charge is -2.29. The summed E-state index contributed by atoms with van der Waals surface area (Å²) < 4.78 is 33.0. The van der Waals surface area contributed by atoms with E-state index < -0.39 is 15.3 Å². The number of nitrogens with zero attached hydrogens (tertiary/aromatic N) is 4. The Morgan fingerprint density at radius 1 is 1.23 bits per heavy atom. The van der Waals surface area contributed by atoms with E-state index in [1.54, 1.807) is 0 Å². The highest BCUT2D eigenvalue weighted by atomic mass is 32.2. The van der Waals surface area contributed by atoms with Crippen LogP contribution in [0.15, 0.2) is 36.5 Å². The number of hydrogen-bond donors (Lipinski definition) is 0. The number of terminal acetylenes is 1. The van der Waals surface area contributed by atoms with Crippen molar-refractivity contribution in [3.05, 3.63) is 42.4 Å². The van der Waals surface area contributed by atoms with Crippen LogP contribution in [-0.2, 0) is 14.8 Å². The van der Waals surface area contributed by atoms with Gasteiger partial charge in [-0.05, 0) is 6.42 Å². The van der Waals surface area contributed by atoms with E-state index in [9.17, 15) is 8.42 Å². The van der Waals surface area contributed by atoms with Crippen LogP contribution in [0.4, 0.5) is 0 Å². The van der Waals surface area contributed by atoms with Crippen LogP contribution in [0.3, 0.4) is 0 Å². The molecule has 0 amide bonds. The monoisotopic (exact) mass is 372 g/mol. The van der Waals surface area contributed by atoms with Crippen LogP contribution in [0.2, 0.25) is 0 Å². The molecule has 2 aromatic rings. The van der Waals surface area contributed by atoms with Gasteiger partial charge in [-0.15, -0.1) is 17.4 Å². The second-order valence-corrected chi connectivity index (χ2v) is 7.97. The lowest BCUT2D eigenvalue weighted by Crippen LogP contribution is -2.43. The summed E-state index contributed by atoms with van der Waals surface area (Å²) in [6.45, 7) is 1.40. The predicted molar refractivity (Wildman–Crippen MR) is 97.4 cm³/mol. The molecule has 3 rings (SSSR count). The number of morpholine rings is 1. The van der Waals surface area contributed by atoms with Crippen molar-refractivity contribution in [2.45, 2.75) is 18.1 Å². The Hall–Kier alpha value is -2.34. The van der Waals surface area contributed by atoms with Crippen molar-refractivity contribution >= 4 is 10.0 Å². The summed E-state index contributed by atoms with van der Waals surface area (Å²) in [5.74, 6) is 2.68. The van der Waals surface area contributed by atoms with E-state index in [2.05, 4.69) is 21.1 Å². The van der Waals surface area contributed by atoms with E-state index in [1.165, 1.54) is 10.5 Å². The van der Waals surface area contributed by atoms with Crippen LogP contribution in [0, 0.1) is 12.3 Å². The molecule has 0 spiro atoms. The average molecular weight is 372 g/mol. The third-order valence-corrected chi connectivity index (χ3v) is 6.42. The number of aromatic nitrogens is 3. The summed E-state index contributed by atoms with van der Waals surface area (Å²) in [5, 5.41) is 7.07. The summed E-state index contributed by atoms with van der Waals surface area (Å²) in [6.07, 6.45) is 7.45. The van der Waals surface area contributed by atoms with Gasteiger partial charge in [0.2, 0.25) is 10.0 Å². The molecule has 2 heterocycles. The van der Waals surface area contributed by atoms with E-state index in [4.69, 9.17) is 11.2 Å². The van der Waals surface area contributed by atoms with Crippen LogP contribution in [0.5, 0.6) is 0 Å². The zero-order valence-electron chi connectivity index (χ0n) is 14.3. The number of sulfonamides is 1. The molecule has 1 aliphatic heterocycles. The van der Waals surface area contributed by atoms with Crippen molar-refractivity contribution in [3.63, 3.8) is 0 Å². The van der Waals surface area contributed by atoms with Gasteiger partial charge in [0.15, 0.2) is 5.82 Å². The van der Waals surface area contributed by atoms with Gasteiger partial charge in [0.05, 0.1) is 25.1 Å². The third-order valence-electron chi connectivity index (χ3n) is 4.17. The van der Waals surface area contributed by atoms with Gasteiger partial charge < -0.3 is 4.74 Å². The number of hydrogen-bond acceptors (Lipinski definition) is 6. The van der Waals surface area contributed by atoms with Crippen molar-refractivity contribution < 1.29 is 13.2 Å². The van der Waals surface area contributed by atoms with Gasteiger partial charge in [0.1, 0.15) is 5.25 Å². The first kappa shape index (κ1) is 18.5. The van der Waals surface area contributed by atoms with Crippen molar-refractivity contribution in [2.75, 3.05) is 26.3 Å². The van der Waals surface area contributed by atoms with E-state index in [1.807, 2.05) is 30.3 Å². The molecule has 0 saturated carbocycles. The first-order chi connectivity index (χ1) is 12.6. The fourth-order valence-corrected chi connectivity index (χ4v) is 4.61. The molecule has 26 heavy (non-hydrogen) atoms. The fraction of sp³-hybridized carbons (Fsp3) is 0.389. The Balaban J connectivity index is 1.96.